The minimum absolute atomic E-state index is 0.0166. The van der Waals surface area contributed by atoms with Crippen LogP contribution in [0, 0.1) is 46.8 Å². The van der Waals surface area contributed by atoms with Crippen molar-refractivity contribution in [2.45, 2.75) is 77.2 Å². The van der Waals surface area contributed by atoms with Gasteiger partial charge in [-0.3, -0.25) is 4.79 Å². The number of fused-ring (bicyclic) bond motifs is 2. The van der Waals surface area contributed by atoms with Gasteiger partial charge in [-0.15, -0.1) is 13.2 Å². The predicted molar refractivity (Wildman–Crippen MR) is 160 cm³/mol. The minimum Gasteiger partial charge on any atom is -0.405 e. The van der Waals surface area contributed by atoms with Gasteiger partial charge < -0.3 is 26.4 Å². The maximum Gasteiger partial charge on any atom is 0.573 e. The van der Waals surface area contributed by atoms with Crippen molar-refractivity contribution < 1.29 is 22.7 Å². The predicted octanol–water partition coefficient (Wildman–Crippen LogP) is 5.59. The van der Waals surface area contributed by atoms with Crippen molar-refractivity contribution in [1.82, 2.24) is 15.3 Å². The number of carbonyl (C=O) groups is 1. The standard InChI is InChI=1S/C32H42F3N7O2/c1-19-10-21-11-22(13-25(12-21)28(19)38-15-20-6-8-23(9-7-20)29(37)43)16-39-30-26(14-36)18-41-31(42-30)40-17-24-4-2-3-5-27(24)44-32(33,34)35/h2-5,18-23,25,28,38H,6-13,15-17H2,1H3,(H2,37,43)(H2,39,40,41,42)/t19-,20?,21?,22-,23?,25-,28+/m1/s1. The van der Waals surface area contributed by atoms with Crippen LogP contribution in [0.2, 0.25) is 0 Å². The van der Waals surface area contributed by atoms with E-state index in [9.17, 15) is 23.2 Å². The Hall–Kier alpha value is -3.59. The van der Waals surface area contributed by atoms with E-state index in [1.54, 1.807) is 6.07 Å². The van der Waals surface area contributed by atoms with E-state index < -0.39 is 6.36 Å². The Kier molecular flexibility index (Phi) is 10.1. The zero-order valence-electron chi connectivity index (χ0n) is 25.1. The number of ether oxygens (including phenoxy) is 1. The van der Waals surface area contributed by atoms with Crippen molar-refractivity contribution in [1.29, 1.82) is 5.26 Å². The molecule has 3 aliphatic rings. The van der Waals surface area contributed by atoms with E-state index >= 15 is 0 Å². The SMILES string of the molecule is C[C@@H]1CC2C[C@@H](CNc3nc(NCc4ccccc4OC(F)(F)F)ncc3C#N)C[C@@H](C2)[C@H]1NCC1CCC(C(N)=O)CC1. The van der Waals surface area contributed by atoms with E-state index in [1.165, 1.54) is 37.2 Å². The molecule has 44 heavy (non-hydrogen) atoms. The van der Waals surface area contributed by atoms with Crippen molar-refractivity contribution in [2.24, 2.45) is 41.2 Å². The number of nitrogens with one attached hydrogen (secondary N) is 3. The van der Waals surface area contributed by atoms with Gasteiger partial charge >= 0.3 is 6.36 Å². The molecule has 1 heterocycles. The molecule has 1 aromatic carbocycles. The maximum atomic E-state index is 12.8. The van der Waals surface area contributed by atoms with Crippen LogP contribution in [-0.4, -0.2) is 41.4 Å². The molecule has 12 heteroatoms. The molecule has 2 bridgehead atoms. The van der Waals surface area contributed by atoms with Gasteiger partial charge in [-0.1, -0.05) is 25.1 Å². The van der Waals surface area contributed by atoms with Crippen LogP contribution in [0.4, 0.5) is 24.9 Å². The van der Waals surface area contributed by atoms with E-state index in [2.05, 4.69) is 43.6 Å². The molecular weight excluding hydrogens is 571 g/mol. The monoisotopic (exact) mass is 613 g/mol. The number of nitrogens with zero attached hydrogens (tertiary/aromatic N) is 3. The Morgan fingerprint density at radius 2 is 1.84 bits per heavy atom. The Morgan fingerprint density at radius 3 is 2.57 bits per heavy atom. The second kappa shape index (κ2) is 14.0. The number of primary amides is 1. The fourth-order valence-corrected chi connectivity index (χ4v) is 7.70. The van der Waals surface area contributed by atoms with Crippen LogP contribution in [0.5, 0.6) is 5.75 Å². The molecule has 0 spiro atoms. The number of hydrogen-bond acceptors (Lipinski definition) is 8. The molecule has 1 unspecified atom stereocenters. The van der Waals surface area contributed by atoms with Gasteiger partial charge in [0, 0.05) is 30.6 Å². The lowest BCUT2D eigenvalue weighted by molar-refractivity contribution is -0.274. The van der Waals surface area contributed by atoms with Crippen molar-refractivity contribution in [3.05, 3.63) is 41.6 Å². The molecule has 5 rings (SSSR count). The molecule has 5 atom stereocenters. The highest BCUT2D eigenvalue weighted by atomic mass is 19.4. The Bertz CT molecular complexity index is 1320. The molecule has 3 fully saturated rings. The zero-order chi connectivity index (χ0) is 31.3. The average Bonchev–Trinajstić information content (AvgIpc) is 2.98. The van der Waals surface area contributed by atoms with Gasteiger partial charge in [0.2, 0.25) is 11.9 Å². The molecule has 238 valence electrons. The maximum absolute atomic E-state index is 12.8. The molecule has 0 aliphatic heterocycles. The highest BCUT2D eigenvalue weighted by molar-refractivity contribution is 5.76. The third-order valence-corrected chi connectivity index (χ3v) is 9.76. The number of benzene rings is 1. The number of hydrogen-bond donors (Lipinski definition) is 4. The average molecular weight is 614 g/mol. The number of nitrogens with two attached hydrogens (primary N) is 1. The molecular formula is C32H42F3N7O2. The van der Waals surface area contributed by atoms with Crippen LogP contribution in [0.1, 0.15) is 69.4 Å². The summed E-state index contributed by atoms with van der Waals surface area (Å²) >= 11 is 0. The van der Waals surface area contributed by atoms with Crippen LogP contribution in [0.15, 0.2) is 30.5 Å². The number of amides is 1. The normalized spacial score (nSPS) is 28.5. The summed E-state index contributed by atoms with van der Waals surface area (Å²) in [7, 11) is 0. The Morgan fingerprint density at radius 1 is 1.07 bits per heavy atom. The fraction of sp³-hybridized carbons (Fsp3) is 0.625. The highest BCUT2D eigenvalue weighted by Crippen LogP contribution is 2.45. The first-order chi connectivity index (χ1) is 21.1. The van der Waals surface area contributed by atoms with E-state index in [4.69, 9.17) is 5.73 Å². The molecule has 5 N–H and O–H groups in total. The lowest BCUT2D eigenvalue weighted by atomic mass is 9.62. The lowest BCUT2D eigenvalue weighted by Gasteiger charge is -2.48. The second-order valence-electron chi connectivity index (χ2n) is 12.9. The van der Waals surface area contributed by atoms with Gasteiger partial charge in [0.05, 0.1) is 6.20 Å². The van der Waals surface area contributed by atoms with Gasteiger partial charge in [-0.2, -0.15) is 10.2 Å². The molecule has 9 nitrogen and oxygen atoms in total. The van der Waals surface area contributed by atoms with E-state index in [0.29, 0.717) is 59.1 Å². The van der Waals surface area contributed by atoms with E-state index in [0.717, 1.165) is 45.1 Å². The molecule has 3 saturated carbocycles. The zero-order valence-corrected chi connectivity index (χ0v) is 25.1. The van der Waals surface area contributed by atoms with Crippen LogP contribution < -0.4 is 26.4 Å². The largest absolute Gasteiger partial charge is 0.573 e. The van der Waals surface area contributed by atoms with Crippen LogP contribution in [-0.2, 0) is 11.3 Å². The topological polar surface area (TPSA) is 138 Å². The first-order valence-corrected chi connectivity index (χ1v) is 15.7. The summed E-state index contributed by atoms with van der Waals surface area (Å²) in [5.41, 5.74) is 6.13. The third-order valence-electron chi connectivity index (χ3n) is 9.76. The van der Waals surface area contributed by atoms with Gasteiger partial charge in [0.25, 0.3) is 0 Å². The Balaban J connectivity index is 1.16. The number of nitriles is 1. The number of alkyl halides is 3. The first-order valence-electron chi connectivity index (χ1n) is 15.7. The van der Waals surface area contributed by atoms with Crippen molar-refractivity contribution in [3.8, 4) is 11.8 Å². The van der Waals surface area contributed by atoms with E-state index in [1.807, 2.05) is 0 Å². The highest BCUT2D eigenvalue weighted by Gasteiger charge is 2.41. The summed E-state index contributed by atoms with van der Waals surface area (Å²) in [6, 6.07) is 8.50. The Labute approximate surface area is 256 Å². The summed E-state index contributed by atoms with van der Waals surface area (Å²) in [6.07, 6.45) is 5.16. The first kappa shape index (κ1) is 31.8. The quantitative estimate of drug-likeness (QED) is 0.257. The van der Waals surface area contributed by atoms with Crippen molar-refractivity contribution in [3.63, 3.8) is 0 Å². The van der Waals surface area contributed by atoms with Gasteiger partial charge in [0.1, 0.15) is 23.2 Å². The summed E-state index contributed by atoms with van der Waals surface area (Å²) in [4.78, 5) is 20.2. The fourth-order valence-electron chi connectivity index (χ4n) is 7.70. The smallest absolute Gasteiger partial charge is 0.405 e. The molecule has 2 aromatic rings. The molecule has 1 amide bonds. The van der Waals surface area contributed by atoms with Gasteiger partial charge in [-0.05, 0) is 93.6 Å². The summed E-state index contributed by atoms with van der Waals surface area (Å²) < 4.78 is 42.5. The van der Waals surface area contributed by atoms with Crippen LogP contribution in [0.25, 0.3) is 0 Å². The van der Waals surface area contributed by atoms with Crippen LogP contribution in [0.3, 0.4) is 0 Å². The van der Waals surface area contributed by atoms with E-state index in [-0.39, 0.29) is 30.1 Å². The number of para-hydroxylation sites is 1. The van der Waals surface area contributed by atoms with Gasteiger partial charge in [0.15, 0.2) is 0 Å². The number of rotatable bonds is 11. The van der Waals surface area contributed by atoms with Gasteiger partial charge in [-0.25, -0.2) is 4.98 Å². The molecule has 3 aliphatic carbocycles. The molecule has 0 radical (unpaired) electrons. The molecule has 0 saturated heterocycles. The summed E-state index contributed by atoms with van der Waals surface area (Å²) in [5.74, 6) is 3.10. The number of anilines is 2. The number of halogens is 3. The number of carbonyl (C=O) groups excluding carboxylic acids is 1. The molecule has 1 aromatic heterocycles. The van der Waals surface area contributed by atoms with Crippen molar-refractivity contribution in [2.75, 3.05) is 23.7 Å². The second-order valence-corrected chi connectivity index (χ2v) is 12.9. The van der Waals surface area contributed by atoms with Crippen LogP contribution >= 0.6 is 0 Å². The van der Waals surface area contributed by atoms with Crippen molar-refractivity contribution >= 4 is 17.7 Å². The summed E-state index contributed by atoms with van der Waals surface area (Å²) in [6.45, 7) is 4.04. The summed E-state index contributed by atoms with van der Waals surface area (Å²) in [5, 5.41) is 19.9. The lowest BCUT2D eigenvalue weighted by Crippen LogP contribution is -2.50. The number of aromatic nitrogens is 2. The third kappa shape index (κ3) is 8.31. The minimum atomic E-state index is -4.80.